The van der Waals surface area contributed by atoms with Crippen LogP contribution < -0.4 is 0 Å². The summed E-state index contributed by atoms with van der Waals surface area (Å²) in [6, 6.07) is 58.0. The molecule has 0 bridgehead atoms. The van der Waals surface area contributed by atoms with Gasteiger partial charge in [-0.25, -0.2) is 24.9 Å². The van der Waals surface area contributed by atoms with Gasteiger partial charge in [0.1, 0.15) is 0 Å². The molecule has 3 heterocycles. The molecule has 51 heavy (non-hydrogen) atoms. The lowest BCUT2D eigenvalue weighted by molar-refractivity contribution is 1.07. The Morgan fingerprint density at radius 3 is 1.31 bits per heavy atom. The fourth-order valence-corrected chi connectivity index (χ4v) is 6.54. The first kappa shape index (κ1) is 30.2. The van der Waals surface area contributed by atoms with Gasteiger partial charge in [0.2, 0.25) is 0 Å². The average Bonchev–Trinajstić information content (AvgIpc) is 3.21. The molecule has 0 saturated carbocycles. The lowest BCUT2D eigenvalue weighted by atomic mass is 10.0. The predicted octanol–water partition coefficient (Wildman–Crippen LogP) is 11.3. The van der Waals surface area contributed by atoms with Crippen LogP contribution in [0.1, 0.15) is 5.56 Å². The first-order chi connectivity index (χ1) is 25.2. The Labute approximate surface area is 296 Å². The number of aromatic nitrogens is 5. The fourth-order valence-electron chi connectivity index (χ4n) is 6.54. The number of hydrogen-bond donors (Lipinski definition) is 0. The molecule has 5 heteroatoms. The summed E-state index contributed by atoms with van der Waals surface area (Å²) in [6.45, 7) is 2.14. The standard InChI is InChI=1S/C46H31N5/c1-30-29-41(33-13-7-3-8-14-33)48-43-39(30)27-25-35-26-28-40(47-42(35)43)34-19-23-38(24-20-34)46-50-44(36-15-9-4-10-16-36)49-45(51-46)37-21-17-32(18-22-37)31-11-5-2-6-12-31/h2-29H,1H3. The molecule has 5 nitrogen and oxygen atoms in total. The van der Waals surface area contributed by atoms with Gasteiger partial charge in [0, 0.05) is 38.6 Å². The molecule has 0 N–H and O–H groups in total. The highest BCUT2D eigenvalue weighted by atomic mass is 15.0. The molecule has 0 atom stereocenters. The van der Waals surface area contributed by atoms with Crippen molar-refractivity contribution < 1.29 is 0 Å². The van der Waals surface area contributed by atoms with Crippen molar-refractivity contribution in [1.82, 2.24) is 24.9 Å². The number of rotatable bonds is 6. The molecule has 0 fully saturated rings. The minimum Gasteiger partial charge on any atom is -0.245 e. The van der Waals surface area contributed by atoms with Crippen molar-refractivity contribution in [2.75, 3.05) is 0 Å². The highest BCUT2D eigenvalue weighted by Crippen LogP contribution is 2.32. The minimum atomic E-state index is 0.614. The molecule has 0 radical (unpaired) electrons. The predicted molar refractivity (Wildman–Crippen MR) is 208 cm³/mol. The van der Waals surface area contributed by atoms with E-state index in [1.165, 1.54) is 11.1 Å². The number of benzene rings is 6. The number of nitrogens with zero attached hydrogens (tertiary/aromatic N) is 5. The number of pyridine rings is 2. The van der Waals surface area contributed by atoms with Crippen LogP contribution in [0.15, 0.2) is 170 Å². The average molecular weight is 654 g/mol. The smallest absolute Gasteiger partial charge is 0.164 e. The first-order valence-corrected chi connectivity index (χ1v) is 17.0. The summed E-state index contributed by atoms with van der Waals surface area (Å²) in [7, 11) is 0. The summed E-state index contributed by atoms with van der Waals surface area (Å²) in [5.41, 5.74) is 12.0. The van der Waals surface area contributed by atoms with Crippen LogP contribution in [0, 0.1) is 6.92 Å². The Balaban J connectivity index is 1.09. The lowest BCUT2D eigenvalue weighted by Crippen LogP contribution is -2.00. The van der Waals surface area contributed by atoms with Gasteiger partial charge in [0.05, 0.1) is 22.4 Å². The van der Waals surface area contributed by atoms with Crippen LogP contribution in [-0.2, 0) is 0 Å². The van der Waals surface area contributed by atoms with Crippen LogP contribution in [0.3, 0.4) is 0 Å². The molecule has 0 aliphatic heterocycles. The molecule has 0 aliphatic carbocycles. The van der Waals surface area contributed by atoms with Crippen molar-refractivity contribution in [2.24, 2.45) is 0 Å². The molecule has 6 aromatic carbocycles. The number of aryl methyl sites for hydroxylation is 1. The SMILES string of the molecule is Cc1cc(-c2ccccc2)nc2c1ccc1ccc(-c3ccc(-c4nc(-c5ccccc5)nc(-c5ccc(-c6ccccc6)cc5)n4)cc3)nc12. The Bertz CT molecular complexity index is 2660. The van der Waals surface area contributed by atoms with E-state index in [-0.39, 0.29) is 0 Å². The zero-order chi connectivity index (χ0) is 34.1. The second kappa shape index (κ2) is 12.9. The third-order valence-corrected chi connectivity index (χ3v) is 9.27. The Morgan fingerprint density at radius 2 is 0.725 bits per heavy atom. The summed E-state index contributed by atoms with van der Waals surface area (Å²) in [5.74, 6) is 1.87. The Hall–Kier alpha value is -6.85. The summed E-state index contributed by atoms with van der Waals surface area (Å²) in [4.78, 5) is 25.1. The van der Waals surface area contributed by atoms with Crippen LogP contribution in [0.25, 0.3) is 89.6 Å². The van der Waals surface area contributed by atoms with Crippen molar-refractivity contribution in [1.29, 1.82) is 0 Å². The topological polar surface area (TPSA) is 64.5 Å². The maximum atomic E-state index is 5.18. The quantitative estimate of drug-likeness (QED) is 0.167. The summed E-state index contributed by atoms with van der Waals surface area (Å²) < 4.78 is 0. The van der Waals surface area contributed by atoms with Crippen molar-refractivity contribution in [2.45, 2.75) is 6.92 Å². The zero-order valence-corrected chi connectivity index (χ0v) is 27.9. The van der Waals surface area contributed by atoms with E-state index in [0.717, 1.165) is 66.6 Å². The molecule has 9 aromatic rings. The van der Waals surface area contributed by atoms with Gasteiger partial charge in [0.15, 0.2) is 17.5 Å². The maximum absolute atomic E-state index is 5.18. The van der Waals surface area contributed by atoms with Gasteiger partial charge in [-0.05, 0) is 35.7 Å². The second-order valence-corrected chi connectivity index (χ2v) is 12.6. The molecule has 9 rings (SSSR count). The summed E-state index contributed by atoms with van der Waals surface area (Å²) >= 11 is 0. The second-order valence-electron chi connectivity index (χ2n) is 12.6. The van der Waals surface area contributed by atoms with Gasteiger partial charge in [-0.3, -0.25) is 0 Å². The third kappa shape index (κ3) is 5.91. The molecular formula is C46H31N5. The highest BCUT2D eigenvalue weighted by Gasteiger charge is 2.14. The van der Waals surface area contributed by atoms with E-state index in [1.54, 1.807) is 0 Å². The van der Waals surface area contributed by atoms with Crippen LogP contribution in [-0.4, -0.2) is 24.9 Å². The van der Waals surface area contributed by atoms with Crippen molar-refractivity contribution in [3.63, 3.8) is 0 Å². The molecule has 3 aromatic heterocycles. The van der Waals surface area contributed by atoms with E-state index >= 15 is 0 Å². The molecule has 0 unspecified atom stereocenters. The maximum Gasteiger partial charge on any atom is 0.164 e. The Morgan fingerprint density at radius 1 is 0.314 bits per heavy atom. The normalized spacial score (nSPS) is 11.2. The zero-order valence-electron chi connectivity index (χ0n) is 27.9. The molecule has 0 spiro atoms. The number of fused-ring (bicyclic) bond motifs is 3. The third-order valence-electron chi connectivity index (χ3n) is 9.27. The lowest BCUT2D eigenvalue weighted by Gasteiger charge is -2.11. The van der Waals surface area contributed by atoms with E-state index in [9.17, 15) is 0 Å². The van der Waals surface area contributed by atoms with Crippen LogP contribution in [0.2, 0.25) is 0 Å². The van der Waals surface area contributed by atoms with E-state index in [4.69, 9.17) is 24.9 Å². The monoisotopic (exact) mass is 653 g/mol. The van der Waals surface area contributed by atoms with Gasteiger partial charge >= 0.3 is 0 Å². The highest BCUT2D eigenvalue weighted by molar-refractivity contribution is 6.05. The van der Waals surface area contributed by atoms with Crippen LogP contribution in [0.5, 0.6) is 0 Å². The summed E-state index contributed by atoms with van der Waals surface area (Å²) in [6.07, 6.45) is 0. The van der Waals surface area contributed by atoms with Crippen molar-refractivity contribution in [3.8, 4) is 67.8 Å². The van der Waals surface area contributed by atoms with E-state index < -0.39 is 0 Å². The van der Waals surface area contributed by atoms with Crippen LogP contribution >= 0.6 is 0 Å². The summed E-state index contributed by atoms with van der Waals surface area (Å²) in [5, 5.41) is 2.17. The molecule has 0 aliphatic rings. The first-order valence-electron chi connectivity index (χ1n) is 17.0. The molecular weight excluding hydrogens is 623 g/mol. The van der Waals surface area contributed by atoms with Gasteiger partial charge < -0.3 is 0 Å². The van der Waals surface area contributed by atoms with E-state index in [0.29, 0.717) is 17.5 Å². The van der Waals surface area contributed by atoms with Gasteiger partial charge in [-0.15, -0.1) is 0 Å². The molecule has 240 valence electrons. The number of hydrogen-bond acceptors (Lipinski definition) is 5. The van der Waals surface area contributed by atoms with Crippen LogP contribution in [0.4, 0.5) is 0 Å². The Kier molecular flexibility index (Phi) is 7.63. The van der Waals surface area contributed by atoms with Crippen molar-refractivity contribution >= 4 is 21.8 Å². The van der Waals surface area contributed by atoms with Gasteiger partial charge in [0.25, 0.3) is 0 Å². The largest absolute Gasteiger partial charge is 0.245 e. The molecule has 0 amide bonds. The van der Waals surface area contributed by atoms with Gasteiger partial charge in [-0.2, -0.15) is 0 Å². The minimum absolute atomic E-state index is 0.614. The van der Waals surface area contributed by atoms with Crippen molar-refractivity contribution in [3.05, 3.63) is 175 Å². The van der Waals surface area contributed by atoms with Gasteiger partial charge in [-0.1, -0.05) is 158 Å². The van der Waals surface area contributed by atoms with E-state index in [1.807, 2.05) is 54.6 Å². The molecule has 0 saturated heterocycles. The fraction of sp³-hybridized carbons (Fsp3) is 0.0217. The van der Waals surface area contributed by atoms with E-state index in [2.05, 4.69) is 122 Å².